The molecular formula is C18H19NO5. The second-order valence-corrected chi connectivity index (χ2v) is 5.53. The van der Waals surface area contributed by atoms with Gasteiger partial charge in [0.15, 0.2) is 5.78 Å². The van der Waals surface area contributed by atoms with E-state index in [9.17, 15) is 14.4 Å². The number of ketones is 1. The fourth-order valence-electron chi connectivity index (χ4n) is 2.34. The van der Waals surface area contributed by atoms with Gasteiger partial charge in [-0.1, -0.05) is 30.3 Å². The van der Waals surface area contributed by atoms with E-state index >= 15 is 0 Å². The number of carboxylic acids is 1. The molecule has 1 amide bonds. The van der Waals surface area contributed by atoms with E-state index in [4.69, 9.17) is 9.52 Å². The molecule has 6 heteroatoms. The third-order valence-corrected chi connectivity index (χ3v) is 3.68. The van der Waals surface area contributed by atoms with Crippen molar-refractivity contribution in [1.29, 1.82) is 0 Å². The molecule has 0 radical (unpaired) electrons. The number of rotatable bonds is 7. The molecule has 1 N–H and O–H groups in total. The fraction of sp³-hybridized carbons (Fsp3) is 0.278. The van der Waals surface area contributed by atoms with Gasteiger partial charge in [0.25, 0.3) is 0 Å². The Bertz CT molecular complexity index is 748. The van der Waals surface area contributed by atoms with E-state index in [-0.39, 0.29) is 36.6 Å². The Morgan fingerprint density at radius 3 is 2.38 bits per heavy atom. The Hall–Kier alpha value is -2.89. The molecule has 2 aromatic rings. The summed E-state index contributed by atoms with van der Waals surface area (Å²) in [6, 6.07) is 10.2. The van der Waals surface area contributed by atoms with Gasteiger partial charge in [0.05, 0.1) is 6.54 Å². The van der Waals surface area contributed by atoms with Crippen LogP contribution in [0.15, 0.2) is 40.8 Å². The zero-order valence-electron chi connectivity index (χ0n) is 13.6. The highest BCUT2D eigenvalue weighted by atomic mass is 16.4. The van der Waals surface area contributed by atoms with E-state index in [1.54, 1.807) is 38.2 Å². The van der Waals surface area contributed by atoms with Gasteiger partial charge in [-0.25, -0.2) is 4.79 Å². The van der Waals surface area contributed by atoms with Crippen molar-refractivity contribution in [2.45, 2.75) is 26.3 Å². The first-order chi connectivity index (χ1) is 11.4. The zero-order valence-corrected chi connectivity index (χ0v) is 13.6. The lowest BCUT2D eigenvalue weighted by Gasteiger charge is -2.15. The maximum Gasteiger partial charge on any atom is 0.339 e. The van der Waals surface area contributed by atoms with Gasteiger partial charge >= 0.3 is 5.97 Å². The molecule has 2 rings (SSSR count). The second kappa shape index (κ2) is 7.59. The highest BCUT2D eigenvalue weighted by Crippen LogP contribution is 2.16. The van der Waals surface area contributed by atoms with Crippen LogP contribution < -0.4 is 0 Å². The van der Waals surface area contributed by atoms with Crippen molar-refractivity contribution in [1.82, 2.24) is 4.90 Å². The normalized spacial score (nSPS) is 10.4. The molecule has 0 saturated carbocycles. The van der Waals surface area contributed by atoms with E-state index in [1.807, 2.05) is 6.07 Å². The minimum Gasteiger partial charge on any atom is -0.478 e. The zero-order chi connectivity index (χ0) is 17.7. The Morgan fingerprint density at radius 1 is 1.12 bits per heavy atom. The van der Waals surface area contributed by atoms with Crippen LogP contribution in [0, 0.1) is 6.92 Å². The Morgan fingerprint density at radius 2 is 1.79 bits per heavy atom. The van der Waals surface area contributed by atoms with Crippen molar-refractivity contribution in [3.05, 3.63) is 59.0 Å². The van der Waals surface area contributed by atoms with E-state index in [0.29, 0.717) is 17.1 Å². The summed E-state index contributed by atoms with van der Waals surface area (Å²) < 4.78 is 5.35. The number of aromatic carboxylic acids is 1. The van der Waals surface area contributed by atoms with Gasteiger partial charge in [-0.05, 0) is 13.0 Å². The Labute approximate surface area is 139 Å². The first-order valence-corrected chi connectivity index (χ1v) is 7.53. The highest BCUT2D eigenvalue weighted by molar-refractivity contribution is 5.97. The average molecular weight is 329 g/mol. The van der Waals surface area contributed by atoms with Gasteiger partial charge in [0.2, 0.25) is 5.91 Å². The van der Waals surface area contributed by atoms with Crippen LogP contribution >= 0.6 is 0 Å². The number of amides is 1. The molecule has 0 aliphatic carbocycles. The minimum atomic E-state index is -1.06. The molecular weight excluding hydrogens is 310 g/mol. The molecule has 1 aromatic heterocycles. The molecule has 6 nitrogen and oxygen atoms in total. The van der Waals surface area contributed by atoms with E-state index in [0.717, 1.165) is 0 Å². The standard InChI is InChI=1S/C18H19NO5/c1-12-15(18(22)23)10-14(24-12)11-19(2)17(21)9-8-16(20)13-6-4-3-5-7-13/h3-7,10H,8-9,11H2,1-2H3,(H,22,23). The molecule has 0 saturated heterocycles. The Balaban J connectivity index is 1.89. The third-order valence-electron chi connectivity index (χ3n) is 3.68. The van der Waals surface area contributed by atoms with Crippen molar-refractivity contribution in [3.63, 3.8) is 0 Å². The van der Waals surface area contributed by atoms with Crippen LogP contribution in [-0.2, 0) is 11.3 Å². The number of hydrogen-bond acceptors (Lipinski definition) is 4. The van der Waals surface area contributed by atoms with E-state index in [2.05, 4.69) is 0 Å². The minimum absolute atomic E-state index is 0.0839. The SMILES string of the molecule is Cc1oc(CN(C)C(=O)CCC(=O)c2ccccc2)cc1C(=O)O. The van der Waals surface area contributed by atoms with Crippen molar-refractivity contribution >= 4 is 17.7 Å². The topological polar surface area (TPSA) is 87.8 Å². The van der Waals surface area contributed by atoms with Crippen LogP contribution in [0.1, 0.15) is 45.1 Å². The predicted octanol–water partition coefficient (Wildman–Crippen LogP) is 2.91. The van der Waals surface area contributed by atoms with Gasteiger partial charge in [0, 0.05) is 25.5 Å². The number of furan rings is 1. The number of Topliss-reactive ketones (excluding diaryl/α,β-unsaturated/α-hetero) is 1. The molecule has 1 aromatic carbocycles. The summed E-state index contributed by atoms with van der Waals surface area (Å²) in [5, 5.41) is 9.00. The second-order valence-electron chi connectivity index (χ2n) is 5.53. The van der Waals surface area contributed by atoms with Crippen LogP contribution in [0.4, 0.5) is 0 Å². The molecule has 1 heterocycles. The summed E-state index contributed by atoms with van der Waals surface area (Å²) in [6.45, 7) is 1.72. The molecule has 0 bridgehead atoms. The van der Waals surface area contributed by atoms with Crippen molar-refractivity contribution in [3.8, 4) is 0 Å². The summed E-state index contributed by atoms with van der Waals surface area (Å²) in [7, 11) is 1.59. The van der Waals surface area contributed by atoms with Crippen molar-refractivity contribution < 1.29 is 23.9 Å². The maximum atomic E-state index is 12.1. The molecule has 0 aliphatic heterocycles. The highest BCUT2D eigenvalue weighted by Gasteiger charge is 2.17. The summed E-state index contributed by atoms with van der Waals surface area (Å²) in [6.07, 6.45) is 0.223. The molecule has 126 valence electrons. The first kappa shape index (κ1) is 17.5. The number of benzene rings is 1. The number of carbonyl (C=O) groups is 3. The lowest BCUT2D eigenvalue weighted by Crippen LogP contribution is -2.26. The molecule has 0 unspecified atom stereocenters. The molecule has 24 heavy (non-hydrogen) atoms. The van der Waals surface area contributed by atoms with Crippen LogP contribution in [0.25, 0.3) is 0 Å². The monoisotopic (exact) mass is 329 g/mol. The fourth-order valence-corrected chi connectivity index (χ4v) is 2.34. The number of aryl methyl sites for hydroxylation is 1. The van der Waals surface area contributed by atoms with Crippen LogP contribution in [0.2, 0.25) is 0 Å². The summed E-state index contributed by atoms with van der Waals surface area (Å²) >= 11 is 0. The lowest BCUT2D eigenvalue weighted by molar-refractivity contribution is -0.130. The number of hydrogen-bond donors (Lipinski definition) is 1. The van der Waals surface area contributed by atoms with E-state index < -0.39 is 5.97 Å². The van der Waals surface area contributed by atoms with Crippen molar-refractivity contribution in [2.24, 2.45) is 0 Å². The number of nitrogens with zero attached hydrogens (tertiary/aromatic N) is 1. The van der Waals surface area contributed by atoms with Gasteiger partial charge in [-0.3, -0.25) is 9.59 Å². The predicted molar refractivity (Wildman–Crippen MR) is 86.9 cm³/mol. The van der Waals surface area contributed by atoms with Crippen LogP contribution in [0.5, 0.6) is 0 Å². The third kappa shape index (κ3) is 4.32. The number of carboxylic acid groups (broad SMARTS) is 1. The van der Waals surface area contributed by atoms with Crippen molar-refractivity contribution in [2.75, 3.05) is 7.05 Å². The smallest absolute Gasteiger partial charge is 0.339 e. The van der Waals surface area contributed by atoms with Gasteiger partial charge in [-0.15, -0.1) is 0 Å². The quantitative estimate of drug-likeness (QED) is 0.789. The largest absolute Gasteiger partial charge is 0.478 e. The van der Waals surface area contributed by atoms with Gasteiger partial charge in [0.1, 0.15) is 17.1 Å². The summed E-state index contributed by atoms with van der Waals surface area (Å²) in [5.41, 5.74) is 0.672. The number of carbonyl (C=O) groups excluding carboxylic acids is 2. The molecule has 0 spiro atoms. The Kier molecular flexibility index (Phi) is 5.52. The lowest BCUT2D eigenvalue weighted by atomic mass is 10.1. The van der Waals surface area contributed by atoms with Crippen LogP contribution in [-0.4, -0.2) is 34.7 Å². The molecule has 0 atom stereocenters. The summed E-state index contributed by atoms with van der Waals surface area (Å²) in [4.78, 5) is 36.5. The summed E-state index contributed by atoms with van der Waals surface area (Å²) in [5.74, 6) is -0.651. The maximum absolute atomic E-state index is 12.1. The first-order valence-electron chi connectivity index (χ1n) is 7.53. The molecule has 0 fully saturated rings. The molecule has 0 aliphatic rings. The van der Waals surface area contributed by atoms with Gasteiger partial charge in [-0.2, -0.15) is 0 Å². The average Bonchev–Trinajstić information content (AvgIpc) is 2.93. The van der Waals surface area contributed by atoms with E-state index in [1.165, 1.54) is 11.0 Å². The van der Waals surface area contributed by atoms with Gasteiger partial charge < -0.3 is 14.4 Å². The van der Waals surface area contributed by atoms with Crippen LogP contribution in [0.3, 0.4) is 0 Å².